The van der Waals surface area contributed by atoms with Crippen molar-refractivity contribution in [1.82, 2.24) is 10.6 Å². The molecule has 0 aromatic heterocycles. The Balaban J connectivity index is 0.000000386. The van der Waals surface area contributed by atoms with Crippen LogP contribution in [0.25, 0.3) is 0 Å². The van der Waals surface area contributed by atoms with Gasteiger partial charge in [0.2, 0.25) is 18.2 Å². The summed E-state index contributed by atoms with van der Waals surface area (Å²) in [6.07, 6.45) is 2.31. The maximum Gasteiger partial charge on any atom is 0.416 e. The summed E-state index contributed by atoms with van der Waals surface area (Å²) < 4.78 is 37.9. The van der Waals surface area contributed by atoms with E-state index in [-0.39, 0.29) is 11.5 Å². The number of aryl methyl sites for hydroxylation is 2. The second-order valence-electron chi connectivity index (χ2n) is 11.3. The van der Waals surface area contributed by atoms with Gasteiger partial charge in [-0.3, -0.25) is 19.2 Å². The first-order valence-electron chi connectivity index (χ1n) is 16.2. The zero-order chi connectivity index (χ0) is 38.7. The molecule has 3 aromatic carbocycles. The lowest BCUT2D eigenvalue weighted by Gasteiger charge is -2.18. The number of nitrogens with one attached hydrogen (secondary N) is 5. The van der Waals surface area contributed by atoms with Crippen molar-refractivity contribution in [3.05, 3.63) is 126 Å². The van der Waals surface area contributed by atoms with E-state index < -0.39 is 29.6 Å². The predicted molar refractivity (Wildman–Crippen MR) is 200 cm³/mol. The van der Waals surface area contributed by atoms with Crippen molar-refractivity contribution in [3.63, 3.8) is 0 Å². The number of nitrogens with zero attached hydrogens (tertiary/aromatic N) is 1. The van der Waals surface area contributed by atoms with Crippen LogP contribution in [-0.4, -0.2) is 42.9 Å². The number of hydrogen-bond acceptors (Lipinski definition) is 7. The number of anilines is 3. The number of hydrogen-bond donors (Lipinski definition) is 6. The average molecular weight is 720 g/mol. The maximum atomic E-state index is 12.7. The number of carbonyl (C=O) groups excluding carboxylic acids is 4. The minimum atomic E-state index is -4.46. The highest BCUT2D eigenvalue weighted by Gasteiger charge is 2.31. The largest absolute Gasteiger partial charge is 0.416 e. The van der Waals surface area contributed by atoms with Crippen LogP contribution in [0.3, 0.4) is 0 Å². The van der Waals surface area contributed by atoms with Crippen LogP contribution in [0.2, 0.25) is 0 Å². The van der Waals surface area contributed by atoms with Crippen molar-refractivity contribution >= 4 is 47.4 Å². The number of nitrogens with two attached hydrogens (primary N) is 1. The molecule has 7 N–H and O–H groups in total. The fourth-order valence-corrected chi connectivity index (χ4v) is 4.37. The summed E-state index contributed by atoms with van der Waals surface area (Å²) in [6.45, 7) is 13.3. The fraction of sp³-hybridized carbons (Fsp3) is 0.237. The Kier molecular flexibility index (Phi) is 17.2. The highest BCUT2D eigenvalue weighted by molar-refractivity contribution is 6.04. The average Bonchev–Trinajstić information content (AvgIpc) is 3.11. The number of aliphatic imine (C=N–C) groups is 1. The summed E-state index contributed by atoms with van der Waals surface area (Å²) in [7, 11) is 0. The summed E-state index contributed by atoms with van der Waals surface area (Å²) in [6, 6.07) is 16.0. The maximum absolute atomic E-state index is 12.7. The van der Waals surface area contributed by atoms with Crippen molar-refractivity contribution in [2.75, 3.05) is 22.5 Å². The van der Waals surface area contributed by atoms with E-state index >= 15 is 0 Å². The van der Waals surface area contributed by atoms with E-state index in [9.17, 15) is 32.3 Å². The molecule has 0 aliphatic heterocycles. The lowest BCUT2D eigenvalue weighted by Crippen LogP contribution is -2.43. The first kappa shape index (κ1) is 42.1. The Morgan fingerprint density at radius 3 is 2.19 bits per heavy atom. The lowest BCUT2D eigenvalue weighted by atomic mass is 10.1. The standard InChI is InChI=1S/C22H30N6O3.C16H14F3NO/c1-4-17(25-15-29)14-24-16(3)26-18-9-8-10-19(13-18)27-22(31)20(11-6-7-12-23)28-21(30)5-2;1-10-6-7-14(8-11(10)2)20-15(21)12-4-3-5-13(9-12)16(17,18)19/h4-5,8-10,13-15,20,26H,2-3,6-7,11-12,23H2,1H3,(H,25,29)(H,27,31)(H,28,30);3-9H,1-2H3,(H,20,21)/b17-4+,24-14-;. The normalized spacial score (nSPS) is 11.7. The SMILES string of the molecule is C=CC(=O)NC(CCCCN)C(=O)Nc1cccc(NC(=C)/N=C\C(=C/C)NC=O)c1.Cc1ccc(NC(=O)c2cccc(C(F)(F)F)c2)cc1C. The molecule has 3 rings (SSSR count). The molecule has 1 unspecified atom stereocenters. The van der Waals surface area contributed by atoms with Crippen LogP contribution in [0.4, 0.5) is 30.2 Å². The van der Waals surface area contributed by atoms with Gasteiger partial charge in [0.15, 0.2) is 0 Å². The molecule has 1 atom stereocenters. The molecule has 4 amide bonds. The van der Waals surface area contributed by atoms with Crippen molar-refractivity contribution < 1.29 is 32.3 Å². The van der Waals surface area contributed by atoms with Gasteiger partial charge in [-0.05, 0) is 112 Å². The van der Waals surface area contributed by atoms with Gasteiger partial charge in [-0.2, -0.15) is 13.2 Å². The van der Waals surface area contributed by atoms with Crippen molar-refractivity contribution in [2.24, 2.45) is 10.7 Å². The van der Waals surface area contributed by atoms with Gasteiger partial charge in [0.05, 0.1) is 17.5 Å². The van der Waals surface area contributed by atoms with E-state index in [1.54, 1.807) is 49.4 Å². The van der Waals surface area contributed by atoms with Gasteiger partial charge >= 0.3 is 6.18 Å². The molecule has 276 valence electrons. The molecule has 0 spiro atoms. The number of allylic oxidation sites excluding steroid dienone is 2. The molecule has 0 aliphatic carbocycles. The third-order valence-corrected chi connectivity index (χ3v) is 7.30. The summed E-state index contributed by atoms with van der Waals surface area (Å²) in [5, 5.41) is 13.5. The third kappa shape index (κ3) is 14.8. The van der Waals surface area contributed by atoms with Gasteiger partial charge in [-0.15, -0.1) is 0 Å². The Morgan fingerprint density at radius 1 is 0.904 bits per heavy atom. The summed E-state index contributed by atoms with van der Waals surface area (Å²) in [5.41, 5.74) is 9.00. The lowest BCUT2D eigenvalue weighted by molar-refractivity contribution is -0.137. The first-order valence-corrected chi connectivity index (χ1v) is 16.2. The Morgan fingerprint density at radius 2 is 1.58 bits per heavy atom. The fourth-order valence-electron chi connectivity index (χ4n) is 4.37. The number of carbonyl (C=O) groups is 4. The number of benzene rings is 3. The molecule has 3 aromatic rings. The minimum absolute atomic E-state index is 0.0250. The van der Waals surface area contributed by atoms with Gasteiger partial charge in [0, 0.05) is 22.6 Å². The number of unbranched alkanes of at least 4 members (excludes halogenated alkanes) is 1. The van der Waals surface area contributed by atoms with Crippen molar-refractivity contribution in [1.29, 1.82) is 0 Å². The molecule has 0 saturated heterocycles. The van der Waals surface area contributed by atoms with Crippen LogP contribution in [0.1, 0.15) is 53.2 Å². The van der Waals surface area contributed by atoms with Crippen LogP contribution < -0.4 is 32.3 Å². The summed E-state index contributed by atoms with van der Waals surface area (Å²) >= 11 is 0. The highest BCUT2D eigenvalue weighted by Crippen LogP contribution is 2.29. The van der Waals surface area contributed by atoms with Crippen LogP contribution in [0, 0.1) is 13.8 Å². The molecule has 11 nitrogen and oxygen atoms in total. The molecule has 0 aliphatic rings. The summed E-state index contributed by atoms with van der Waals surface area (Å²) in [4.78, 5) is 51.0. The van der Waals surface area contributed by atoms with Gasteiger partial charge in [-0.1, -0.05) is 37.4 Å². The quantitative estimate of drug-likeness (QED) is 0.0422. The number of amides is 4. The van der Waals surface area contributed by atoms with E-state index in [4.69, 9.17) is 5.73 Å². The zero-order valence-electron chi connectivity index (χ0n) is 29.3. The molecular weight excluding hydrogens is 675 g/mol. The van der Waals surface area contributed by atoms with Crippen LogP contribution >= 0.6 is 0 Å². The summed E-state index contributed by atoms with van der Waals surface area (Å²) in [5.74, 6) is -0.973. The first-order chi connectivity index (χ1) is 24.7. The van der Waals surface area contributed by atoms with E-state index in [0.29, 0.717) is 54.4 Å². The Bertz CT molecular complexity index is 1790. The Hall–Kier alpha value is -6.02. The highest BCUT2D eigenvalue weighted by atomic mass is 19.4. The molecule has 0 heterocycles. The van der Waals surface area contributed by atoms with Crippen LogP contribution in [-0.2, 0) is 20.6 Å². The number of halogens is 3. The van der Waals surface area contributed by atoms with Crippen molar-refractivity contribution in [3.8, 4) is 0 Å². The number of alkyl halides is 3. The van der Waals surface area contributed by atoms with Gasteiger partial charge in [0.25, 0.3) is 5.91 Å². The van der Waals surface area contributed by atoms with Gasteiger partial charge < -0.3 is 32.3 Å². The van der Waals surface area contributed by atoms with Crippen molar-refractivity contribution in [2.45, 2.75) is 52.3 Å². The van der Waals surface area contributed by atoms with Gasteiger partial charge in [0.1, 0.15) is 11.9 Å². The third-order valence-electron chi connectivity index (χ3n) is 7.30. The molecular formula is C38H44F3N7O4. The van der Waals surface area contributed by atoms with E-state index in [0.717, 1.165) is 35.8 Å². The second kappa shape index (κ2) is 21.3. The molecule has 0 fully saturated rings. The second-order valence-corrected chi connectivity index (χ2v) is 11.3. The topological polar surface area (TPSA) is 167 Å². The molecule has 52 heavy (non-hydrogen) atoms. The Labute approximate surface area is 301 Å². The van der Waals surface area contributed by atoms with Crippen LogP contribution in [0.15, 0.2) is 109 Å². The van der Waals surface area contributed by atoms with Crippen LogP contribution in [0.5, 0.6) is 0 Å². The zero-order valence-corrected chi connectivity index (χ0v) is 29.3. The molecule has 0 saturated carbocycles. The minimum Gasteiger partial charge on any atom is -0.341 e. The molecule has 14 heteroatoms. The van der Waals surface area contributed by atoms with E-state index in [1.807, 2.05) is 19.9 Å². The monoisotopic (exact) mass is 719 g/mol. The number of rotatable bonds is 16. The van der Waals surface area contributed by atoms with E-state index in [2.05, 4.69) is 44.7 Å². The van der Waals surface area contributed by atoms with Gasteiger partial charge in [-0.25, -0.2) is 4.99 Å². The predicted octanol–water partition coefficient (Wildman–Crippen LogP) is 6.60. The van der Waals surface area contributed by atoms with E-state index in [1.165, 1.54) is 18.3 Å². The molecule has 0 radical (unpaired) electrons. The smallest absolute Gasteiger partial charge is 0.341 e. The molecule has 0 bridgehead atoms.